The molecule has 0 spiro atoms. The van der Waals surface area contributed by atoms with E-state index in [1.807, 2.05) is 0 Å². The molecule has 0 saturated heterocycles. The van der Waals surface area contributed by atoms with Crippen LogP contribution in [0.15, 0.2) is 66.5 Å². The number of phenolic OH excluding ortho intramolecular Hbond substituents is 1. The minimum absolute atomic E-state index is 0.0213. The number of aromatic nitrogens is 1. The average molecular weight is 346 g/mol. The number of fused-ring (bicyclic) bond motifs is 4. The fraction of sp³-hybridized carbons (Fsp3) is 0.0500. The van der Waals surface area contributed by atoms with E-state index in [-0.39, 0.29) is 29.0 Å². The van der Waals surface area contributed by atoms with Crippen molar-refractivity contribution in [2.45, 2.75) is 0 Å². The number of hydrogen-bond donors (Lipinski definition) is 1. The van der Waals surface area contributed by atoms with Gasteiger partial charge in [-0.25, -0.2) is 4.79 Å². The van der Waals surface area contributed by atoms with E-state index in [1.54, 1.807) is 53.1 Å². The molecule has 2 aromatic heterocycles. The molecule has 0 aliphatic rings. The summed E-state index contributed by atoms with van der Waals surface area (Å²) < 4.78 is 6.87. The van der Waals surface area contributed by atoms with Crippen LogP contribution in [0.3, 0.4) is 0 Å². The highest BCUT2D eigenvalue weighted by Gasteiger charge is 2.26. The molecule has 0 radical (unpaired) electrons. The van der Waals surface area contributed by atoms with E-state index >= 15 is 0 Å². The maximum atomic E-state index is 12.7. The van der Waals surface area contributed by atoms with Gasteiger partial charge in [-0.1, -0.05) is 43.0 Å². The van der Waals surface area contributed by atoms with Gasteiger partial charge in [-0.2, -0.15) is 0 Å². The molecular formula is C20H14N2O4. The molecule has 4 aromatic rings. The Balaban J connectivity index is 2.27. The first-order valence-electron chi connectivity index (χ1n) is 7.96. The topological polar surface area (TPSA) is 80.4 Å². The summed E-state index contributed by atoms with van der Waals surface area (Å²) in [6.07, 6.45) is 3.18. The largest absolute Gasteiger partial charge is 0.505 e. The molecule has 0 aliphatic carbocycles. The van der Waals surface area contributed by atoms with Crippen molar-refractivity contribution < 1.29 is 14.6 Å². The number of pyridine rings is 1. The van der Waals surface area contributed by atoms with Gasteiger partial charge in [0.1, 0.15) is 18.0 Å². The molecule has 6 heteroatoms. The zero-order chi connectivity index (χ0) is 18.3. The number of benzene rings is 2. The maximum Gasteiger partial charge on any atom is 0.341 e. The summed E-state index contributed by atoms with van der Waals surface area (Å²) in [4.78, 5) is 24.4. The molecule has 2 aromatic carbocycles. The molecular weight excluding hydrogens is 332 g/mol. The molecule has 0 fully saturated rings. The number of nitroso groups, excluding NO2 is 1. The van der Waals surface area contributed by atoms with Crippen molar-refractivity contribution in [3.05, 3.63) is 71.8 Å². The molecule has 0 atom stereocenters. The lowest BCUT2D eigenvalue weighted by atomic mass is 10.0. The van der Waals surface area contributed by atoms with Gasteiger partial charge in [0.2, 0.25) is 0 Å². The lowest BCUT2D eigenvalue weighted by Gasteiger charge is -2.07. The van der Waals surface area contributed by atoms with Crippen LogP contribution in [-0.2, 0) is 4.74 Å². The first-order valence-corrected chi connectivity index (χ1v) is 7.96. The second kappa shape index (κ2) is 6.00. The van der Waals surface area contributed by atoms with Crippen LogP contribution in [0.2, 0.25) is 0 Å². The van der Waals surface area contributed by atoms with Gasteiger partial charge in [-0.05, 0) is 17.3 Å². The number of nitrogens with zero attached hydrogens (tertiary/aromatic N) is 2. The van der Waals surface area contributed by atoms with Crippen LogP contribution >= 0.6 is 0 Å². The minimum atomic E-state index is -0.608. The van der Waals surface area contributed by atoms with Crippen LogP contribution in [0.4, 0.5) is 5.69 Å². The van der Waals surface area contributed by atoms with Crippen LogP contribution in [0.25, 0.3) is 27.2 Å². The van der Waals surface area contributed by atoms with E-state index in [0.717, 1.165) is 0 Å². The quantitative estimate of drug-likeness (QED) is 0.330. The normalized spacial score (nSPS) is 11.1. The summed E-state index contributed by atoms with van der Waals surface area (Å²) in [5, 5.41) is 15.3. The monoisotopic (exact) mass is 346 g/mol. The maximum absolute atomic E-state index is 12.7. The Hall–Kier alpha value is -3.67. The van der Waals surface area contributed by atoms with Crippen LogP contribution in [0, 0.1) is 4.91 Å². The number of ether oxygens (including phenoxy) is 1. The summed E-state index contributed by atoms with van der Waals surface area (Å²) >= 11 is 0. The van der Waals surface area contributed by atoms with Crippen molar-refractivity contribution in [1.29, 1.82) is 0 Å². The van der Waals surface area contributed by atoms with E-state index in [2.05, 4.69) is 11.8 Å². The average Bonchev–Trinajstić information content (AvgIpc) is 3.02. The van der Waals surface area contributed by atoms with Crippen molar-refractivity contribution in [3.8, 4) is 5.75 Å². The van der Waals surface area contributed by atoms with Gasteiger partial charge in [-0.15, -0.1) is 4.91 Å². The number of aromatic hydroxyl groups is 1. The van der Waals surface area contributed by atoms with Gasteiger partial charge >= 0.3 is 5.97 Å². The van der Waals surface area contributed by atoms with Crippen molar-refractivity contribution >= 4 is 38.8 Å². The highest BCUT2D eigenvalue weighted by Crippen LogP contribution is 2.45. The molecule has 4 rings (SSSR count). The molecule has 0 unspecified atom stereocenters. The third-order valence-corrected chi connectivity index (χ3v) is 4.37. The zero-order valence-corrected chi connectivity index (χ0v) is 13.7. The first-order chi connectivity index (χ1) is 12.7. The number of carbonyl (C=O) groups excluding carboxylic acids is 1. The summed E-state index contributed by atoms with van der Waals surface area (Å²) in [5.74, 6) is -0.629. The second-order valence-corrected chi connectivity index (χ2v) is 5.78. The van der Waals surface area contributed by atoms with Crippen molar-refractivity contribution in [2.24, 2.45) is 5.18 Å². The van der Waals surface area contributed by atoms with Crippen molar-refractivity contribution in [3.63, 3.8) is 0 Å². The zero-order valence-electron chi connectivity index (χ0n) is 13.7. The second-order valence-electron chi connectivity index (χ2n) is 5.78. The number of rotatable bonds is 4. The van der Waals surface area contributed by atoms with Crippen molar-refractivity contribution in [1.82, 2.24) is 4.40 Å². The van der Waals surface area contributed by atoms with E-state index in [9.17, 15) is 14.8 Å². The van der Waals surface area contributed by atoms with Gasteiger partial charge in [-0.3, -0.25) is 0 Å². The van der Waals surface area contributed by atoms with Gasteiger partial charge in [0.05, 0.1) is 16.6 Å². The summed E-state index contributed by atoms with van der Waals surface area (Å²) in [6.45, 7) is 3.57. The third kappa shape index (κ3) is 2.09. The highest BCUT2D eigenvalue weighted by atomic mass is 16.5. The minimum Gasteiger partial charge on any atom is -0.505 e. The molecule has 2 heterocycles. The molecule has 0 bridgehead atoms. The Morgan fingerprint density at radius 1 is 1.19 bits per heavy atom. The molecule has 0 amide bonds. The number of phenols is 1. The molecule has 1 N–H and O–H groups in total. The van der Waals surface area contributed by atoms with Gasteiger partial charge in [0.25, 0.3) is 0 Å². The van der Waals surface area contributed by atoms with E-state index in [0.29, 0.717) is 21.8 Å². The lowest BCUT2D eigenvalue weighted by Crippen LogP contribution is -2.05. The fourth-order valence-corrected chi connectivity index (χ4v) is 3.34. The molecule has 128 valence electrons. The van der Waals surface area contributed by atoms with Crippen LogP contribution < -0.4 is 0 Å². The number of carbonyl (C=O) groups is 1. The van der Waals surface area contributed by atoms with Crippen LogP contribution in [0.1, 0.15) is 10.4 Å². The highest BCUT2D eigenvalue weighted by molar-refractivity contribution is 6.23. The molecule has 26 heavy (non-hydrogen) atoms. The fourth-order valence-electron chi connectivity index (χ4n) is 3.34. The first kappa shape index (κ1) is 15.8. The van der Waals surface area contributed by atoms with Crippen LogP contribution in [0.5, 0.6) is 5.75 Å². The number of esters is 1. The molecule has 0 aliphatic heterocycles. The summed E-state index contributed by atoms with van der Waals surface area (Å²) in [7, 11) is 0. The SMILES string of the molecule is C=CCOC(=O)c1c2c(N=O)c3ccccc3c(O)c2n2ccccc12. The van der Waals surface area contributed by atoms with Crippen molar-refractivity contribution in [2.75, 3.05) is 6.61 Å². The molecule has 6 nitrogen and oxygen atoms in total. The summed E-state index contributed by atoms with van der Waals surface area (Å²) in [6, 6.07) is 12.2. The predicted octanol–water partition coefficient (Wildman–Crippen LogP) is 4.69. The Labute approximate surface area is 147 Å². The smallest absolute Gasteiger partial charge is 0.341 e. The van der Waals surface area contributed by atoms with Gasteiger partial charge in [0, 0.05) is 22.4 Å². The van der Waals surface area contributed by atoms with E-state index in [1.165, 1.54) is 6.08 Å². The number of hydrogen-bond acceptors (Lipinski definition) is 5. The lowest BCUT2D eigenvalue weighted by molar-refractivity contribution is 0.0554. The van der Waals surface area contributed by atoms with Gasteiger partial charge in [0.15, 0.2) is 0 Å². The Bertz CT molecular complexity index is 1210. The predicted molar refractivity (Wildman–Crippen MR) is 100 cm³/mol. The Morgan fingerprint density at radius 3 is 2.65 bits per heavy atom. The van der Waals surface area contributed by atoms with Crippen LogP contribution in [-0.4, -0.2) is 22.1 Å². The summed E-state index contributed by atoms with van der Waals surface area (Å²) in [5.41, 5.74) is 1.16. The third-order valence-electron chi connectivity index (χ3n) is 4.37. The Morgan fingerprint density at radius 2 is 1.92 bits per heavy atom. The Kier molecular flexibility index (Phi) is 3.65. The van der Waals surface area contributed by atoms with E-state index < -0.39 is 5.97 Å². The standard InChI is InChI=1S/C20H14N2O4/c1-2-11-26-20(24)15-14-9-5-6-10-22(14)18-16(15)17(21-25)12-7-3-4-8-13(12)19(18)23/h2-10,23H,1,11H2. The van der Waals surface area contributed by atoms with Gasteiger partial charge < -0.3 is 14.2 Å². The molecule has 0 saturated carbocycles. The van der Waals surface area contributed by atoms with E-state index in [4.69, 9.17) is 4.74 Å².